The molecule has 5 heteroatoms. The van der Waals surface area contributed by atoms with Crippen LogP contribution in [0.1, 0.15) is 18.6 Å². The Kier molecular flexibility index (Phi) is 3.49. The number of halogens is 1. The molecule has 2 aromatic rings. The van der Waals surface area contributed by atoms with Gasteiger partial charge in [-0.1, -0.05) is 12.1 Å². The fourth-order valence-corrected chi connectivity index (χ4v) is 2.19. The van der Waals surface area contributed by atoms with Crippen LogP contribution in [0.25, 0.3) is 10.9 Å². The molecule has 0 spiro atoms. The van der Waals surface area contributed by atoms with Crippen molar-refractivity contribution >= 4 is 32.8 Å². The number of nitrogens with one attached hydrogen (secondary N) is 1. The molecule has 1 atom stereocenters. The summed E-state index contributed by atoms with van der Waals surface area (Å²) in [7, 11) is 0. The third-order valence-electron chi connectivity index (χ3n) is 2.50. The molecule has 0 radical (unpaired) electrons. The number of benzene rings is 1. The standard InChI is InChI=1S/C12H12BrNO3/c1-2-17-12(16)11(15)8-6-14-10-7(8)4-3-5-9(10)13/h3-6,11,14-15H,2H2,1H3. The van der Waals surface area contributed by atoms with Crippen LogP contribution in [0.15, 0.2) is 28.9 Å². The minimum atomic E-state index is -1.25. The number of aromatic nitrogens is 1. The van der Waals surface area contributed by atoms with Crippen molar-refractivity contribution < 1.29 is 14.6 Å². The molecule has 0 aliphatic carbocycles. The van der Waals surface area contributed by atoms with Gasteiger partial charge in [0, 0.05) is 21.6 Å². The Morgan fingerprint density at radius 1 is 1.59 bits per heavy atom. The van der Waals surface area contributed by atoms with Gasteiger partial charge in [0.05, 0.1) is 12.1 Å². The maximum atomic E-state index is 11.5. The van der Waals surface area contributed by atoms with Crippen molar-refractivity contribution in [3.63, 3.8) is 0 Å². The molecule has 1 aromatic carbocycles. The Morgan fingerprint density at radius 2 is 2.35 bits per heavy atom. The first-order valence-corrected chi connectivity index (χ1v) is 6.04. The number of aliphatic hydroxyl groups is 1. The van der Waals surface area contributed by atoms with Crippen molar-refractivity contribution in [1.82, 2.24) is 4.98 Å². The maximum absolute atomic E-state index is 11.5. The first-order chi connectivity index (χ1) is 8.15. The van der Waals surface area contributed by atoms with Crippen LogP contribution in [-0.4, -0.2) is 22.7 Å². The second-order valence-corrected chi connectivity index (χ2v) is 4.42. The van der Waals surface area contributed by atoms with Crippen LogP contribution < -0.4 is 0 Å². The highest BCUT2D eigenvalue weighted by atomic mass is 79.9. The molecule has 17 heavy (non-hydrogen) atoms. The number of aromatic amines is 1. The monoisotopic (exact) mass is 297 g/mol. The van der Waals surface area contributed by atoms with E-state index in [1.54, 1.807) is 13.1 Å². The molecule has 0 aliphatic heterocycles. The van der Waals surface area contributed by atoms with Gasteiger partial charge in [0.25, 0.3) is 0 Å². The molecule has 0 aliphatic rings. The van der Waals surface area contributed by atoms with Gasteiger partial charge >= 0.3 is 5.97 Å². The van der Waals surface area contributed by atoms with Crippen LogP contribution in [0.2, 0.25) is 0 Å². The van der Waals surface area contributed by atoms with Gasteiger partial charge in [-0.15, -0.1) is 0 Å². The smallest absolute Gasteiger partial charge is 0.339 e. The molecule has 0 bridgehead atoms. The number of H-pyrrole nitrogens is 1. The highest BCUT2D eigenvalue weighted by Crippen LogP contribution is 2.29. The first kappa shape index (κ1) is 12.1. The van der Waals surface area contributed by atoms with E-state index in [0.29, 0.717) is 5.56 Å². The van der Waals surface area contributed by atoms with E-state index in [4.69, 9.17) is 4.74 Å². The Hall–Kier alpha value is -1.33. The van der Waals surface area contributed by atoms with E-state index in [2.05, 4.69) is 20.9 Å². The van der Waals surface area contributed by atoms with E-state index < -0.39 is 12.1 Å². The second kappa shape index (κ2) is 4.89. The molecule has 0 saturated carbocycles. The molecule has 2 N–H and O–H groups in total. The summed E-state index contributed by atoms with van der Waals surface area (Å²) < 4.78 is 5.68. The van der Waals surface area contributed by atoms with Crippen LogP contribution in [0.3, 0.4) is 0 Å². The number of hydrogen-bond acceptors (Lipinski definition) is 3. The van der Waals surface area contributed by atoms with Crippen molar-refractivity contribution in [2.45, 2.75) is 13.0 Å². The lowest BCUT2D eigenvalue weighted by molar-refractivity contribution is -0.153. The average molecular weight is 298 g/mol. The molecule has 0 fully saturated rings. The molecule has 4 nitrogen and oxygen atoms in total. The van der Waals surface area contributed by atoms with Crippen LogP contribution in [0.4, 0.5) is 0 Å². The van der Waals surface area contributed by atoms with E-state index in [0.717, 1.165) is 15.4 Å². The maximum Gasteiger partial charge on any atom is 0.339 e. The Bertz CT molecular complexity index is 550. The van der Waals surface area contributed by atoms with Crippen molar-refractivity contribution in [2.24, 2.45) is 0 Å². The molecule has 2 rings (SSSR count). The van der Waals surface area contributed by atoms with Gasteiger partial charge in [-0.3, -0.25) is 0 Å². The number of hydrogen-bond donors (Lipinski definition) is 2. The molecular formula is C12H12BrNO3. The minimum absolute atomic E-state index is 0.252. The summed E-state index contributed by atoms with van der Waals surface area (Å²) in [6.45, 7) is 1.96. The summed E-state index contributed by atoms with van der Waals surface area (Å²) >= 11 is 3.40. The molecule has 1 unspecified atom stereocenters. The van der Waals surface area contributed by atoms with Crippen molar-refractivity contribution in [1.29, 1.82) is 0 Å². The van der Waals surface area contributed by atoms with Crippen molar-refractivity contribution in [2.75, 3.05) is 6.61 Å². The van der Waals surface area contributed by atoms with E-state index in [9.17, 15) is 9.90 Å². The number of fused-ring (bicyclic) bond motifs is 1. The molecule has 90 valence electrons. The minimum Gasteiger partial charge on any atom is -0.464 e. The zero-order valence-electron chi connectivity index (χ0n) is 9.24. The predicted octanol–water partition coefficient (Wildman–Crippen LogP) is 2.53. The average Bonchev–Trinajstić information content (AvgIpc) is 2.73. The van der Waals surface area contributed by atoms with E-state index in [1.807, 2.05) is 18.2 Å². The lowest BCUT2D eigenvalue weighted by Gasteiger charge is -2.08. The topological polar surface area (TPSA) is 62.3 Å². The molecule has 0 saturated heterocycles. The number of esters is 1. The highest BCUT2D eigenvalue weighted by Gasteiger charge is 2.22. The van der Waals surface area contributed by atoms with Gasteiger partial charge in [0.2, 0.25) is 0 Å². The SMILES string of the molecule is CCOC(=O)C(O)c1c[nH]c2c(Br)cccc12. The number of para-hydroxylation sites is 1. The summed E-state index contributed by atoms with van der Waals surface area (Å²) in [6, 6.07) is 5.58. The Balaban J connectivity index is 2.42. The zero-order valence-corrected chi connectivity index (χ0v) is 10.8. The summed E-state index contributed by atoms with van der Waals surface area (Å²) in [5.41, 5.74) is 1.38. The second-order valence-electron chi connectivity index (χ2n) is 3.56. The first-order valence-electron chi connectivity index (χ1n) is 5.25. The molecule has 1 heterocycles. The summed E-state index contributed by atoms with van der Waals surface area (Å²) in [5.74, 6) is -0.631. The van der Waals surface area contributed by atoms with Gasteiger partial charge in [-0.2, -0.15) is 0 Å². The van der Waals surface area contributed by atoms with Crippen LogP contribution in [-0.2, 0) is 9.53 Å². The Labute approximate surface area is 107 Å². The van der Waals surface area contributed by atoms with Gasteiger partial charge in [-0.05, 0) is 28.9 Å². The van der Waals surface area contributed by atoms with Crippen LogP contribution in [0, 0.1) is 0 Å². The normalized spacial score (nSPS) is 12.6. The summed E-state index contributed by atoms with van der Waals surface area (Å²) in [4.78, 5) is 14.5. The highest BCUT2D eigenvalue weighted by molar-refractivity contribution is 9.10. The number of aliphatic hydroxyl groups excluding tert-OH is 1. The fourth-order valence-electron chi connectivity index (χ4n) is 1.71. The summed E-state index contributed by atoms with van der Waals surface area (Å²) in [5, 5.41) is 10.7. The predicted molar refractivity (Wildman–Crippen MR) is 67.6 cm³/mol. The van der Waals surface area contributed by atoms with E-state index >= 15 is 0 Å². The number of rotatable bonds is 3. The molecular weight excluding hydrogens is 286 g/mol. The van der Waals surface area contributed by atoms with Crippen LogP contribution >= 0.6 is 15.9 Å². The largest absolute Gasteiger partial charge is 0.464 e. The van der Waals surface area contributed by atoms with E-state index in [-0.39, 0.29) is 6.61 Å². The van der Waals surface area contributed by atoms with E-state index in [1.165, 1.54) is 0 Å². The third-order valence-corrected chi connectivity index (χ3v) is 3.16. The number of carbonyl (C=O) groups excluding carboxylic acids is 1. The lowest BCUT2D eigenvalue weighted by Crippen LogP contribution is -2.14. The number of carbonyl (C=O) groups is 1. The van der Waals surface area contributed by atoms with Gasteiger partial charge in [0.15, 0.2) is 6.10 Å². The van der Waals surface area contributed by atoms with Gasteiger partial charge < -0.3 is 14.8 Å². The van der Waals surface area contributed by atoms with Gasteiger partial charge in [0.1, 0.15) is 0 Å². The third kappa shape index (κ3) is 2.21. The zero-order chi connectivity index (χ0) is 12.4. The summed E-state index contributed by atoms with van der Waals surface area (Å²) in [6.07, 6.45) is 0.370. The van der Waals surface area contributed by atoms with Crippen molar-refractivity contribution in [3.05, 3.63) is 34.4 Å². The van der Waals surface area contributed by atoms with Gasteiger partial charge in [-0.25, -0.2) is 4.79 Å². The molecule has 1 aromatic heterocycles. The van der Waals surface area contributed by atoms with Crippen LogP contribution in [0.5, 0.6) is 0 Å². The number of ether oxygens (including phenoxy) is 1. The quantitative estimate of drug-likeness (QED) is 0.856. The Morgan fingerprint density at radius 3 is 3.06 bits per heavy atom. The fraction of sp³-hybridized carbons (Fsp3) is 0.250. The van der Waals surface area contributed by atoms with Crippen molar-refractivity contribution in [3.8, 4) is 0 Å². The lowest BCUT2D eigenvalue weighted by atomic mass is 10.1. The molecule has 0 amide bonds.